The molecule has 7 N–H and O–H groups in total. The molecule has 2 fully saturated rings. The highest BCUT2D eigenvalue weighted by Crippen LogP contribution is 2.43. The number of carbonyl (C=O) groups excluding carboxylic acids is 3. The van der Waals surface area contributed by atoms with Crippen molar-refractivity contribution in [2.24, 2.45) is 10.6 Å². The van der Waals surface area contributed by atoms with Gasteiger partial charge in [-0.2, -0.15) is 9.36 Å². The number of aromatic nitrogens is 4. The number of fused-ring (bicyclic) bond motifs is 1. The number of carbonyl (C=O) groups is 3. The standard InChI is InChI=1S/C19H24N10O5S3/c1-3-34-26-9(12-25-17(21)37-27-12)13(30)23-10-14(31)28-5-19(16(32)33,6-35-15(10)28)7-36-18-24-11(20)8(2)4-29(18)22/h4,10,15,20H,3,5-7,22H2,1-2H3,(H4,21,23,25,27,30,32,33)/t10?,15-,19?/m1/s1. The molecule has 2 amide bonds. The molecule has 15 nitrogen and oxygen atoms in total. The van der Waals surface area contributed by atoms with Crippen molar-refractivity contribution in [3.05, 3.63) is 17.6 Å². The predicted octanol–water partition coefficient (Wildman–Crippen LogP) is -2.92. The van der Waals surface area contributed by atoms with Gasteiger partial charge in [-0.05, 0) is 30.6 Å². The lowest BCUT2D eigenvalue weighted by atomic mass is 9.89. The van der Waals surface area contributed by atoms with E-state index in [4.69, 9.17) is 22.1 Å². The minimum Gasteiger partial charge on any atom is -0.549 e. The van der Waals surface area contributed by atoms with Crippen LogP contribution < -0.4 is 32.4 Å². The molecule has 2 aromatic heterocycles. The zero-order chi connectivity index (χ0) is 26.9. The lowest BCUT2D eigenvalue weighted by molar-refractivity contribution is -0.682. The number of carboxylic acids is 1. The van der Waals surface area contributed by atoms with Gasteiger partial charge in [-0.1, -0.05) is 5.16 Å². The Bertz CT molecular complexity index is 1270. The molecule has 3 atom stereocenters. The topological polar surface area (TPSA) is 232 Å². The Balaban J connectivity index is 1.44. The van der Waals surface area contributed by atoms with Gasteiger partial charge in [-0.15, -0.1) is 16.4 Å². The number of hydrogen-bond donors (Lipinski definition) is 4. The van der Waals surface area contributed by atoms with Crippen LogP contribution in [0.3, 0.4) is 0 Å². The molecule has 2 aromatic rings. The zero-order valence-electron chi connectivity index (χ0n) is 19.7. The SMILES string of the molecule is CCON=C(C(=O)NC1C(=O)N2CC(CSc3nc(N)c(C)c[n+]3N)(C(=O)[O-])CS[C@H]12)c1nsc(N)n1. The summed E-state index contributed by atoms with van der Waals surface area (Å²) in [4.78, 5) is 52.6. The first-order valence-corrected chi connectivity index (χ1v) is 13.7. The normalized spacial score (nSPS) is 23.2. The molecule has 4 rings (SSSR count). The summed E-state index contributed by atoms with van der Waals surface area (Å²) in [7, 11) is 0. The fourth-order valence-corrected chi connectivity index (χ4v) is 6.82. The number of aryl methyl sites for hydroxylation is 1. The van der Waals surface area contributed by atoms with E-state index in [-0.39, 0.29) is 47.1 Å². The van der Waals surface area contributed by atoms with E-state index in [0.717, 1.165) is 23.3 Å². The van der Waals surface area contributed by atoms with Gasteiger partial charge < -0.3 is 36.4 Å². The van der Waals surface area contributed by atoms with Crippen molar-refractivity contribution in [1.29, 1.82) is 0 Å². The molecule has 0 aliphatic carbocycles. The number of aliphatic carboxylic acids is 1. The van der Waals surface area contributed by atoms with Crippen molar-refractivity contribution in [3.63, 3.8) is 0 Å². The molecule has 0 bridgehead atoms. The highest BCUT2D eigenvalue weighted by molar-refractivity contribution is 8.00. The van der Waals surface area contributed by atoms with Gasteiger partial charge >= 0.3 is 5.16 Å². The van der Waals surface area contributed by atoms with E-state index in [0.29, 0.717) is 10.7 Å². The maximum atomic E-state index is 12.9. The average Bonchev–Trinajstić information content (AvgIpc) is 3.29. The van der Waals surface area contributed by atoms with E-state index >= 15 is 0 Å². The van der Waals surface area contributed by atoms with Crippen LogP contribution >= 0.6 is 35.1 Å². The molecule has 2 aliphatic rings. The second-order valence-corrected chi connectivity index (χ2v) is 11.1. The molecule has 0 spiro atoms. The Morgan fingerprint density at radius 1 is 1.43 bits per heavy atom. The predicted molar refractivity (Wildman–Crippen MR) is 134 cm³/mol. The Morgan fingerprint density at radius 3 is 2.84 bits per heavy atom. The summed E-state index contributed by atoms with van der Waals surface area (Å²) in [5, 5.41) is 18.6. The van der Waals surface area contributed by atoms with Crippen molar-refractivity contribution in [1.82, 2.24) is 24.6 Å². The highest BCUT2D eigenvalue weighted by Gasteiger charge is 2.56. The highest BCUT2D eigenvalue weighted by atomic mass is 32.2. The molecule has 18 heteroatoms. The van der Waals surface area contributed by atoms with Gasteiger partial charge in [0.2, 0.25) is 23.3 Å². The van der Waals surface area contributed by atoms with E-state index in [1.807, 2.05) is 0 Å². The minimum atomic E-state index is -1.37. The van der Waals surface area contributed by atoms with Gasteiger partial charge in [0.15, 0.2) is 5.13 Å². The van der Waals surface area contributed by atoms with Gasteiger partial charge in [0.25, 0.3) is 5.91 Å². The molecule has 2 unspecified atom stereocenters. The number of nitrogens with zero attached hydrogens (tertiary/aromatic N) is 6. The summed E-state index contributed by atoms with van der Waals surface area (Å²) in [6.45, 7) is 3.54. The monoisotopic (exact) mass is 568 g/mol. The van der Waals surface area contributed by atoms with Crippen LogP contribution in [0.25, 0.3) is 0 Å². The molecular weight excluding hydrogens is 544 g/mol. The summed E-state index contributed by atoms with van der Waals surface area (Å²) in [5.74, 6) is 3.93. The zero-order valence-corrected chi connectivity index (χ0v) is 22.2. The van der Waals surface area contributed by atoms with Crippen LogP contribution in [0, 0.1) is 12.3 Å². The van der Waals surface area contributed by atoms with E-state index < -0.39 is 34.6 Å². The number of carboxylic acid groups (broad SMARTS) is 1. The van der Waals surface area contributed by atoms with E-state index in [2.05, 4.69) is 24.8 Å². The van der Waals surface area contributed by atoms with Crippen LogP contribution in [0.4, 0.5) is 10.9 Å². The van der Waals surface area contributed by atoms with Gasteiger partial charge in [-0.3, -0.25) is 15.4 Å². The summed E-state index contributed by atoms with van der Waals surface area (Å²) >= 11 is 3.22. The number of oxime groups is 1. The number of thioether (sulfide) groups is 2. The maximum absolute atomic E-state index is 12.9. The lowest BCUT2D eigenvalue weighted by Crippen LogP contribution is -2.75. The third kappa shape index (κ3) is 5.21. The van der Waals surface area contributed by atoms with E-state index in [1.54, 1.807) is 20.0 Å². The van der Waals surface area contributed by atoms with Crippen molar-refractivity contribution < 1.29 is 29.0 Å². The fraction of sp³-hybridized carbons (Fsp3) is 0.474. The first-order valence-electron chi connectivity index (χ1n) is 10.9. The smallest absolute Gasteiger partial charge is 0.384 e. The first kappa shape index (κ1) is 26.7. The Hall–Kier alpha value is -3.38. The van der Waals surface area contributed by atoms with E-state index in [1.165, 1.54) is 21.3 Å². The van der Waals surface area contributed by atoms with Crippen LogP contribution in [-0.4, -0.2) is 78.8 Å². The quantitative estimate of drug-likeness (QED) is 0.0452. The molecule has 4 heterocycles. The van der Waals surface area contributed by atoms with Crippen LogP contribution in [-0.2, 0) is 19.2 Å². The summed E-state index contributed by atoms with van der Waals surface area (Å²) in [6, 6.07) is -0.891. The van der Waals surface area contributed by atoms with Crippen molar-refractivity contribution in [3.8, 4) is 0 Å². The third-order valence-electron chi connectivity index (χ3n) is 5.67. The van der Waals surface area contributed by atoms with E-state index in [9.17, 15) is 19.5 Å². The molecule has 198 valence electrons. The third-order valence-corrected chi connectivity index (χ3v) is 9.06. The number of nitrogens with one attached hydrogen (secondary N) is 1. The summed E-state index contributed by atoms with van der Waals surface area (Å²) in [5.41, 5.74) is 10.6. The molecule has 2 saturated heterocycles. The number of anilines is 2. The van der Waals surface area contributed by atoms with Gasteiger partial charge in [0.05, 0.1) is 11.5 Å². The van der Waals surface area contributed by atoms with Crippen LogP contribution in [0.1, 0.15) is 18.3 Å². The average molecular weight is 569 g/mol. The van der Waals surface area contributed by atoms with Crippen molar-refractivity contribution in [2.45, 2.75) is 30.4 Å². The van der Waals surface area contributed by atoms with Crippen LogP contribution in [0.15, 0.2) is 16.5 Å². The minimum absolute atomic E-state index is 0.0242. The van der Waals surface area contributed by atoms with Gasteiger partial charge in [0.1, 0.15) is 24.2 Å². The second-order valence-electron chi connectivity index (χ2n) is 8.29. The maximum Gasteiger partial charge on any atom is 0.384 e. The number of rotatable bonds is 9. The molecule has 0 saturated carbocycles. The fourth-order valence-electron chi connectivity index (χ4n) is 3.64. The summed E-state index contributed by atoms with van der Waals surface area (Å²) in [6.07, 6.45) is 1.59. The lowest BCUT2D eigenvalue weighted by Gasteiger charge is -2.55. The number of amides is 2. The van der Waals surface area contributed by atoms with Gasteiger partial charge in [-0.25, -0.2) is 0 Å². The molecule has 2 aliphatic heterocycles. The summed E-state index contributed by atoms with van der Waals surface area (Å²) < 4.78 is 5.25. The van der Waals surface area contributed by atoms with Crippen molar-refractivity contribution in [2.75, 3.05) is 42.0 Å². The molecule has 0 aromatic carbocycles. The largest absolute Gasteiger partial charge is 0.549 e. The number of β-lactam (4-membered cyclic amide) rings is 1. The first-order chi connectivity index (χ1) is 17.6. The second kappa shape index (κ2) is 10.5. The molecule has 37 heavy (non-hydrogen) atoms. The number of hydrogen-bond acceptors (Lipinski definition) is 15. The molecular formula is C19H24N10O5S3. The Morgan fingerprint density at radius 2 is 2.19 bits per heavy atom. The van der Waals surface area contributed by atoms with Gasteiger partial charge in [0, 0.05) is 35.0 Å². The van der Waals surface area contributed by atoms with Crippen LogP contribution in [0.2, 0.25) is 0 Å². The number of nitrogens with two attached hydrogens (primary N) is 3. The molecule has 0 radical (unpaired) electrons. The Kier molecular flexibility index (Phi) is 7.60. The van der Waals surface area contributed by atoms with Crippen molar-refractivity contribution >= 4 is 69.5 Å². The Labute approximate surface area is 223 Å². The van der Waals surface area contributed by atoms with Crippen LogP contribution in [0.5, 0.6) is 0 Å². The number of nitrogen functional groups attached to an aromatic ring is 3.